The number of unbranched alkanes of at least 4 members (excludes halogenated alkanes) is 8. The Morgan fingerprint density at radius 2 is 1.55 bits per heavy atom. The highest BCUT2D eigenvalue weighted by molar-refractivity contribution is 6.12. The minimum absolute atomic E-state index is 0.00199. The van der Waals surface area contributed by atoms with Gasteiger partial charge in [0, 0.05) is 25.0 Å². The summed E-state index contributed by atoms with van der Waals surface area (Å²) >= 11 is 0. The van der Waals surface area contributed by atoms with Crippen LogP contribution in [0.3, 0.4) is 0 Å². The third-order valence-corrected chi connectivity index (χ3v) is 5.12. The average Bonchev–Trinajstić information content (AvgIpc) is 2.75. The molecule has 0 atom stereocenters. The van der Waals surface area contributed by atoms with E-state index in [-0.39, 0.29) is 36.6 Å². The zero-order chi connectivity index (χ0) is 24.6. The summed E-state index contributed by atoms with van der Waals surface area (Å²) < 4.78 is 5.55. The molecule has 0 saturated heterocycles. The second-order valence-electron chi connectivity index (χ2n) is 7.85. The lowest BCUT2D eigenvalue weighted by molar-refractivity contribution is -0.384. The number of hydrogen-bond acceptors (Lipinski definition) is 6. The van der Waals surface area contributed by atoms with Crippen LogP contribution in [0.15, 0.2) is 18.2 Å². The van der Waals surface area contributed by atoms with Crippen molar-refractivity contribution in [1.82, 2.24) is 0 Å². The van der Waals surface area contributed by atoms with Crippen molar-refractivity contribution < 1.29 is 34.3 Å². The molecule has 0 aliphatic heterocycles. The molecule has 1 aromatic rings. The maximum Gasteiger partial charge on any atom is 0.418 e. The monoisotopic (exact) mass is 466 g/mol. The van der Waals surface area contributed by atoms with Crippen molar-refractivity contribution in [2.45, 2.75) is 84.0 Å². The van der Waals surface area contributed by atoms with Gasteiger partial charge in [-0.3, -0.25) is 19.7 Å². The van der Waals surface area contributed by atoms with Crippen LogP contribution >= 0.6 is 0 Å². The van der Waals surface area contributed by atoms with Crippen LogP contribution in [0.25, 0.3) is 0 Å². The van der Waals surface area contributed by atoms with Gasteiger partial charge in [0.05, 0.1) is 11.5 Å². The molecule has 1 rings (SSSR count). The first-order valence-corrected chi connectivity index (χ1v) is 11.5. The fourth-order valence-electron chi connectivity index (χ4n) is 3.34. The van der Waals surface area contributed by atoms with Crippen LogP contribution in [-0.4, -0.2) is 39.7 Å². The second-order valence-corrected chi connectivity index (χ2v) is 7.85. The third-order valence-electron chi connectivity index (χ3n) is 5.12. The Morgan fingerprint density at radius 3 is 2.12 bits per heavy atom. The van der Waals surface area contributed by atoms with E-state index in [0.29, 0.717) is 24.2 Å². The third kappa shape index (κ3) is 10.8. The molecule has 184 valence electrons. The highest BCUT2D eigenvalue weighted by Gasteiger charge is 2.27. The number of nitro groups is 1. The van der Waals surface area contributed by atoms with Crippen LogP contribution in [0.1, 0.15) is 84.0 Å². The molecule has 10 heteroatoms. The molecule has 0 spiro atoms. The quantitative estimate of drug-likeness (QED) is 0.167. The zero-order valence-electron chi connectivity index (χ0n) is 19.2. The zero-order valence-corrected chi connectivity index (χ0v) is 19.2. The summed E-state index contributed by atoms with van der Waals surface area (Å²) in [7, 11) is 0. The molecule has 2 amide bonds. The van der Waals surface area contributed by atoms with Gasteiger partial charge >= 0.3 is 12.1 Å². The Labute approximate surface area is 193 Å². The standard InChI is InChI=1S/C23H34N2O8/c1-2-3-4-5-6-7-8-9-12-21(26)24(23(29)30)19-17-18(25(31)32)14-15-20(19)33-16-11-10-13-22(27)28/h14-15,17H,2-13,16H2,1H3,(H,27,28)(H,29,30). The maximum atomic E-state index is 12.7. The number of anilines is 1. The number of nitrogens with zero attached hydrogens (tertiary/aromatic N) is 2. The van der Waals surface area contributed by atoms with Gasteiger partial charge in [-0.05, 0) is 25.3 Å². The van der Waals surface area contributed by atoms with Gasteiger partial charge in [0.2, 0.25) is 5.91 Å². The summed E-state index contributed by atoms with van der Waals surface area (Å²) in [5.41, 5.74) is -0.575. The summed E-state index contributed by atoms with van der Waals surface area (Å²) in [5, 5.41) is 29.5. The molecule has 0 fully saturated rings. The normalized spacial score (nSPS) is 10.6. The number of hydrogen-bond donors (Lipinski definition) is 2. The number of carboxylic acids is 1. The lowest BCUT2D eigenvalue weighted by Gasteiger charge is -2.20. The molecule has 0 aliphatic carbocycles. The first kappa shape index (κ1) is 27.9. The van der Waals surface area contributed by atoms with Crippen molar-refractivity contribution in [3.63, 3.8) is 0 Å². The maximum absolute atomic E-state index is 12.7. The van der Waals surface area contributed by atoms with Gasteiger partial charge in [-0.25, -0.2) is 9.69 Å². The van der Waals surface area contributed by atoms with E-state index in [0.717, 1.165) is 31.7 Å². The minimum atomic E-state index is -1.55. The summed E-state index contributed by atoms with van der Waals surface area (Å²) in [6.45, 7) is 2.23. The molecule has 0 saturated carbocycles. The van der Waals surface area contributed by atoms with E-state index in [1.165, 1.54) is 31.4 Å². The van der Waals surface area contributed by atoms with E-state index < -0.39 is 22.9 Å². The predicted molar refractivity (Wildman–Crippen MR) is 123 cm³/mol. The average molecular weight is 467 g/mol. The van der Waals surface area contributed by atoms with Crippen molar-refractivity contribution in [2.24, 2.45) is 0 Å². The van der Waals surface area contributed by atoms with E-state index in [9.17, 15) is 29.6 Å². The highest BCUT2D eigenvalue weighted by Crippen LogP contribution is 2.33. The molecular weight excluding hydrogens is 432 g/mol. The van der Waals surface area contributed by atoms with Gasteiger partial charge in [-0.1, -0.05) is 51.9 Å². The summed E-state index contributed by atoms with van der Waals surface area (Å²) in [4.78, 5) is 46.2. The summed E-state index contributed by atoms with van der Waals surface area (Å²) in [5.74, 6) is -1.60. The van der Waals surface area contributed by atoms with E-state index in [1.807, 2.05) is 0 Å². The molecule has 10 nitrogen and oxygen atoms in total. The lowest BCUT2D eigenvalue weighted by Crippen LogP contribution is -2.36. The first-order valence-electron chi connectivity index (χ1n) is 11.5. The molecular formula is C23H34N2O8. The summed E-state index contributed by atoms with van der Waals surface area (Å²) in [6, 6.07) is 3.43. The van der Waals surface area contributed by atoms with Crippen molar-refractivity contribution in [2.75, 3.05) is 11.5 Å². The Kier molecular flexibility index (Phi) is 13.2. The molecule has 33 heavy (non-hydrogen) atoms. The largest absolute Gasteiger partial charge is 0.491 e. The Balaban J connectivity index is 2.81. The van der Waals surface area contributed by atoms with Crippen molar-refractivity contribution in [1.29, 1.82) is 0 Å². The van der Waals surface area contributed by atoms with Crippen LogP contribution in [-0.2, 0) is 9.59 Å². The highest BCUT2D eigenvalue weighted by atomic mass is 16.6. The molecule has 0 aromatic heterocycles. The number of carbonyl (C=O) groups excluding carboxylic acids is 1. The Morgan fingerprint density at radius 1 is 0.939 bits per heavy atom. The SMILES string of the molecule is CCCCCCCCCCC(=O)N(C(=O)O)c1cc([N+](=O)[O-])ccc1OCCCCC(=O)O. The first-order chi connectivity index (χ1) is 15.8. The van der Waals surface area contributed by atoms with Crippen LogP contribution in [0.5, 0.6) is 5.75 Å². The second kappa shape index (κ2) is 15.6. The van der Waals surface area contributed by atoms with Gasteiger partial charge in [-0.15, -0.1) is 0 Å². The Bertz CT molecular complexity index is 797. The topological polar surface area (TPSA) is 147 Å². The van der Waals surface area contributed by atoms with E-state index in [1.54, 1.807) is 0 Å². The fraction of sp³-hybridized carbons (Fsp3) is 0.609. The predicted octanol–water partition coefficient (Wildman–Crippen LogP) is 5.77. The molecule has 0 heterocycles. The number of rotatable bonds is 17. The number of carboxylic acid groups (broad SMARTS) is 2. The number of non-ortho nitro benzene ring substituents is 1. The molecule has 0 unspecified atom stereocenters. The van der Waals surface area contributed by atoms with E-state index in [2.05, 4.69) is 6.92 Å². The minimum Gasteiger partial charge on any atom is -0.491 e. The van der Waals surface area contributed by atoms with Gasteiger partial charge in [0.25, 0.3) is 5.69 Å². The smallest absolute Gasteiger partial charge is 0.418 e. The molecule has 0 aliphatic rings. The van der Waals surface area contributed by atoms with Crippen LogP contribution in [0, 0.1) is 10.1 Å². The molecule has 0 bridgehead atoms. The number of benzene rings is 1. The van der Waals surface area contributed by atoms with Crippen molar-refractivity contribution in [3.8, 4) is 5.75 Å². The van der Waals surface area contributed by atoms with Crippen LogP contribution < -0.4 is 9.64 Å². The number of aliphatic carboxylic acids is 1. The fourth-order valence-corrected chi connectivity index (χ4v) is 3.34. The number of nitro benzene ring substituents is 1. The number of carbonyl (C=O) groups is 3. The molecule has 1 aromatic carbocycles. The van der Waals surface area contributed by atoms with E-state index in [4.69, 9.17) is 9.84 Å². The van der Waals surface area contributed by atoms with Gasteiger partial charge < -0.3 is 14.9 Å². The van der Waals surface area contributed by atoms with Crippen molar-refractivity contribution >= 4 is 29.3 Å². The van der Waals surface area contributed by atoms with Crippen molar-refractivity contribution in [3.05, 3.63) is 28.3 Å². The Hall–Kier alpha value is -3.17. The van der Waals surface area contributed by atoms with Crippen LogP contribution in [0.2, 0.25) is 0 Å². The number of amides is 2. The van der Waals surface area contributed by atoms with Gasteiger partial charge in [0.15, 0.2) is 0 Å². The number of imide groups is 1. The van der Waals surface area contributed by atoms with Gasteiger partial charge in [-0.2, -0.15) is 0 Å². The molecule has 2 N–H and O–H groups in total. The van der Waals surface area contributed by atoms with E-state index >= 15 is 0 Å². The lowest BCUT2D eigenvalue weighted by atomic mass is 10.1. The number of ether oxygens (including phenoxy) is 1. The van der Waals surface area contributed by atoms with Gasteiger partial charge in [0.1, 0.15) is 11.4 Å². The molecule has 0 radical (unpaired) electrons. The summed E-state index contributed by atoms with van der Waals surface area (Å²) in [6.07, 6.45) is 7.24. The van der Waals surface area contributed by atoms with Crippen LogP contribution in [0.4, 0.5) is 16.2 Å².